The molecule has 0 heterocycles. The van der Waals surface area contributed by atoms with E-state index in [1.54, 1.807) is 12.1 Å². The van der Waals surface area contributed by atoms with Crippen molar-refractivity contribution in [3.05, 3.63) is 41.5 Å². The summed E-state index contributed by atoms with van der Waals surface area (Å²) in [7, 11) is 0. The Morgan fingerprint density at radius 1 is 1.14 bits per heavy atom. The molecule has 1 fully saturated rings. The number of rotatable bonds is 6. The Bertz CT molecular complexity index is 502. The first-order valence-corrected chi connectivity index (χ1v) is 8.40. The zero-order valence-corrected chi connectivity index (χ0v) is 13.6. The van der Waals surface area contributed by atoms with E-state index in [1.807, 2.05) is 13.8 Å². The minimum absolute atomic E-state index is 0.0392. The summed E-state index contributed by atoms with van der Waals surface area (Å²) in [4.78, 5) is 0. The molecule has 0 amide bonds. The van der Waals surface area contributed by atoms with Crippen molar-refractivity contribution in [1.29, 1.82) is 0 Å². The number of halogens is 2. The molecule has 122 valence electrons. The van der Waals surface area contributed by atoms with Crippen LogP contribution in [0.2, 0.25) is 0 Å². The van der Waals surface area contributed by atoms with Crippen LogP contribution in [-0.2, 0) is 0 Å². The van der Waals surface area contributed by atoms with Gasteiger partial charge in [0.15, 0.2) is 11.6 Å². The van der Waals surface area contributed by atoms with E-state index >= 15 is 0 Å². The fourth-order valence-corrected chi connectivity index (χ4v) is 3.19. The number of ether oxygens (including phenoxy) is 1. The highest BCUT2D eigenvalue weighted by Crippen LogP contribution is 2.39. The van der Waals surface area contributed by atoms with Crippen molar-refractivity contribution >= 4 is 0 Å². The first kappa shape index (κ1) is 17.0. The van der Waals surface area contributed by atoms with Gasteiger partial charge in [-0.25, -0.2) is 4.39 Å². The smallest absolute Gasteiger partial charge is 0.200 e. The molecule has 0 bridgehead atoms. The molecule has 0 aliphatic heterocycles. The molecular formula is C19H26F2O. The minimum atomic E-state index is -0.829. The highest BCUT2D eigenvalue weighted by Gasteiger charge is 2.25. The fraction of sp³-hybridized carbons (Fsp3) is 0.579. The van der Waals surface area contributed by atoms with Crippen molar-refractivity contribution in [3.8, 4) is 5.75 Å². The number of unbranched alkanes of at least 4 members (excludes halogenated alkanes) is 1. The molecule has 0 saturated heterocycles. The lowest BCUT2D eigenvalue weighted by atomic mass is 9.78. The highest BCUT2D eigenvalue weighted by atomic mass is 19.2. The summed E-state index contributed by atoms with van der Waals surface area (Å²) in [6, 6.07) is 3.29. The molecule has 1 aliphatic carbocycles. The molecule has 0 unspecified atom stereocenters. The summed E-state index contributed by atoms with van der Waals surface area (Å²) in [6.45, 7) is 4.49. The first-order chi connectivity index (χ1) is 10.7. The molecular weight excluding hydrogens is 282 g/mol. The van der Waals surface area contributed by atoms with Gasteiger partial charge >= 0.3 is 0 Å². The van der Waals surface area contributed by atoms with Crippen molar-refractivity contribution < 1.29 is 13.5 Å². The lowest BCUT2D eigenvalue weighted by Crippen LogP contribution is -2.14. The van der Waals surface area contributed by atoms with Crippen molar-refractivity contribution in [2.75, 3.05) is 6.61 Å². The predicted molar refractivity (Wildman–Crippen MR) is 86.3 cm³/mol. The van der Waals surface area contributed by atoms with Crippen molar-refractivity contribution in [1.82, 2.24) is 0 Å². The molecule has 0 N–H and O–H groups in total. The lowest BCUT2D eigenvalue weighted by Gasteiger charge is -2.27. The predicted octanol–water partition coefficient (Wildman–Crippen LogP) is 5.99. The normalized spacial score (nSPS) is 22.2. The Balaban J connectivity index is 2.05. The Kier molecular flexibility index (Phi) is 6.41. The number of allylic oxidation sites excluding steroid dienone is 2. The van der Waals surface area contributed by atoms with Crippen LogP contribution in [0.3, 0.4) is 0 Å². The highest BCUT2D eigenvalue weighted by molar-refractivity contribution is 5.33. The molecule has 22 heavy (non-hydrogen) atoms. The van der Waals surface area contributed by atoms with Gasteiger partial charge in [-0.1, -0.05) is 31.6 Å². The third-order valence-electron chi connectivity index (χ3n) is 4.51. The quantitative estimate of drug-likeness (QED) is 0.463. The van der Waals surface area contributed by atoms with Crippen LogP contribution in [0.25, 0.3) is 0 Å². The molecule has 0 radical (unpaired) electrons. The maximum absolute atomic E-state index is 14.3. The van der Waals surface area contributed by atoms with Gasteiger partial charge in [0.1, 0.15) is 0 Å². The van der Waals surface area contributed by atoms with Crippen LogP contribution in [0, 0.1) is 17.6 Å². The van der Waals surface area contributed by atoms with Crippen LogP contribution < -0.4 is 4.74 Å². The number of hydrogen-bond donors (Lipinski definition) is 0. The molecule has 0 atom stereocenters. The van der Waals surface area contributed by atoms with Gasteiger partial charge in [0.05, 0.1) is 6.61 Å². The topological polar surface area (TPSA) is 9.23 Å². The van der Waals surface area contributed by atoms with Crippen molar-refractivity contribution in [2.24, 2.45) is 5.92 Å². The van der Waals surface area contributed by atoms with E-state index in [0.717, 1.165) is 38.5 Å². The monoisotopic (exact) mass is 308 g/mol. The Labute approximate surface area is 132 Å². The summed E-state index contributed by atoms with van der Waals surface area (Å²) in [5.41, 5.74) is 0.513. The van der Waals surface area contributed by atoms with E-state index < -0.39 is 11.6 Å². The van der Waals surface area contributed by atoms with Gasteiger partial charge in [-0.3, -0.25) is 0 Å². The van der Waals surface area contributed by atoms with Gasteiger partial charge in [0.2, 0.25) is 5.82 Å². The van der Waals surface area contributed by atoms with Crippen molar-refractivity contribution in [3.63, 3.8) is 0 Å². The first-order valence-electron chi connectivity index (χ1n) is 8.40. The Morgan fingerprint density at radius 3 is 2.50 bits per heavy atom. The van der Waals surface area contributed by atoms with E-state index in [9.17, 15) is 8.78 Å². The van der Waals surface area contributed by atoms with Crippen LogP contribution in [0.5, 0.6) is 5.75 Å². The zero-order valence-electron chi connectivity index (χ0n) is 13.6. The van der Waals surface area contributed by atoms with E-state index in [4.69, 9.17) is 4.74 Å². The molecule has 0 aromatic heterocycles. The lowest BCUT2D eigenvalue weighted by molar-refractivity contribution is 0.286. The number of benzene rings is 1. The molecule has 3 heteroatoms. The minimum Gasteiger partial charge on any atom is -0.490 e. The molecule has 0 spiro atoms. The van der Waals surface area contributed by atoms with Crippen LogP contribution >= 0.6 is 0 Å². The summed E-state index contributed by atoms with van der Waals surface area (Å²) in [6.07, 6.45) is 10.0. The maximum atomic E-state index is 14.3. The largest absolute Gasteiger partial charge is 0.490 e. The van der Waals surface area contributed by atoms with Crippen LogP contribution in [0.15, 0.2) is 24.3 Å². The van der Waals surface area contributed by atoms with Crippen LogP contribution in [-0.4, -0.2) is 6.61 Å². The molecule has 2 rings (SSSR count). The third kappa shape index (κ3) is 4.08. The van der Waals surface area contributed by atoms with Gasteiger partial charge in [-0.05, 0) is 62.5 Å². The van der Waals surface area contributed by atoms with E-state index in [-0.39, 0.29) is 11.7 Å². The van der Waals surface area contributed by atoms with Gasteiger partial charge in [-0.2, -0.15) is 4.39 Å². The average Bonchev–Trinajstić information content (AvgIpc) is 2.53. The van der Waals surface area contributed by atoms with E-state index in [0.29, 0.717) is 18.1 Å². The fourth-order valence-electron chi connectivity index (χ4n) is 3.19. The standard InChI is InChI=1S/C19H26F2O/c1-3-5-13-22-17-12-11-16(18(20)19(17)21)15-9-7-14(6-4-2)8-10-15/h4,6,11-12,14-15H,3,5,7-10,13H2,1-2H3. The van der Waals surface area contributed by atoms with Crippen molar-refractivity contribution in [2.45, 2.75) is 58.3 Å². The summed E-state index contributed by atoms with van der Waals surface area (Å²) in [5.74, 6) is -0.795. The summed E-state index contributed by atoms with van der Waals surface area (Å²) < 4.78 is 33.8. The molecule has 1 saturated carbocycles. The second-order valence-corrected chi connectivity index (χ2v) is 6.12. The van der Waals surface area contributed by atoms with E-state index in [1.165, 1.54) is 0 Å². The van der Waals surface area contributed by atoms with Gasteiger partial charge in [-0.15, -0.1) is 0 Å². The number of hydrogen-bond acceptors (Lipinski definition) is 1. The zero-order chi connectivity index (χ0) is 15.9. The van der Waals surface area contributed by atoms with E-state index in [2.05, 4.69) is 12.2 Å². The van der Waals surface area contributed by atoms with Crippen LogP contribution in [0.4, 0.5) is 8.78 Å². The molecule has 1 nitrogen and oxygen atoms in total. The van der Waals surface area contributed by atoms with Gasteiger partial charge in [0, 0.05) is 0 Å². The van der Waals surface area contributed by atoms with Crippen LogP contribution in [0.1, 0.15) is 63.9 Å². The summed E-state index contributed by atoms with van der Waals surface area (Å²) >= 11 is 0. The van der Waals surface area contributed by atoms with Gasteiger partial charge in [0.25, 0.3) is 0 Å². The maximum Gasteiger partial charge on any atom is 0.200 e. The second kappa shape index (κ2) is 8.30. The molecule has 1 aromatic rings. The Hall–Kier alpha value is -1.38. The third-order valence-corrected chi connectivity index (χ3v) is 4.51. The SMILES string of the molecule is CC=CC1CCC(c2ccc(OCCCC)c(F)c2F)CC1. The Morgan fingerprint density at radius 2 is 1.86 bits per heavy atom. The summed E-state index contributed by atoms with van der Waals surface area (Å²) in [5, 5.41) is 0. The second-order valence-electron chi connectivity index (χ2n) is 6.12. The van der Waals surface area contributed by atoms with Gasteiger partial charge < -0.3 is 4.74 Å². The average molecular weight is 308 g/mol. The molecule has 1 aliphatic rings. The molecule has 1 aromatic carbocycles.